The predicted octanol–water partition coefficient (Wildman–Crippen LogP) is 3.04. The summed E-state index contributed by atoms with van der Waals surface area (Å²) >= 11 is 0. The minimum Gasteiger partial charge on any atom is -0.397 e. The van der Waals surface area contributed by atoms with Gasteiger partial charge in [0.1, 0.15) is 5.82 Å². The number of rotatable bonds is 2. The number of anilines is 3. The Hall–Kier alpha value is -2.23. The number of benzene rings is 2. The van der Waals surface area contributed by atoms with E-state index in [0.29, 0.717) is 5.69 Å². The minimum atomic E-state index is -0.152. The number of aryl methyl sites for hydroxylation is 1. The molecule has 2 aromatic rings. The summed E-state index contributed by atoms with van der Waals surface area (Å²) in [5.74, 6) is -0.152. The molecule has 4 heteroatoms. The Morgan fingerprint density at radius 1 is 0.905 bits per heavy atom. The molecule has 0 amide bonds. The number of nitrogen functional groups attached to an aromatic ring is 1. The molecule has 0 bridgehead atoms. The molecule has 1 aliphatic heterocycles. The van der Waals surface area contributed by atoms with Gasteiger partial charge in [0.05, 0.1) is 17.1 Å². The van der Waals surface area contributed by atoms with Crippen molar-refractivity contribution >= 4 is 17.1 Å². The highest BCUT2D eigenvalue weighted by atomic mass is 19.1. The average molecular weight is 285 g/mol. The van der Waals surface area contributed by atoms with Gasteiger partial charge in [-0.15, -0.1) is 0 Å². The zero-order chi connectivity index (χ0) is 14.8. The fraction of sp³-hybridized carbons (Fsp3) is 0.294. The third-order valence-electron chi connectivity index (χ3n) is 4.00. The molecule has 110 valence electrons. The Balaban J connectivity index is 1.72. The highest BCUT2D eigenvalue weighted by molar-refractivity contribution is 5.69. The first-order valence-electron chi connectivity index (χ1n) is 7.26. The van der Waals surface area contributed by atoms with E-state index in [1.807, 2.05) is 25.1 Å². The molecule has 1 heterocycles. The van der Waals surface area contributed by atoms with Crippen LogP contribution in [0.3, 0.4) is 0 Å². The van der Waals surface area contributed by atoms with E-state index in [0.717, 1.165) is 37.6 Å². The van der Waals surface area contributed by atoms with Gasteiger partial charge in [0.25, 0.3) is 0 Å². The summed E-state index contributed by atoms with van der Waals surface area (Å²) in [6.07, 6.45) is 0. The van der Waals surface area contributed by atoms with E-state index in [1.165, 1.54) is 11.6 Å². The maximum Gasteiger partial charge on any atom is 0.146 e. The Morgan fingerprint density at radius 2 is 1.52 bits per heavy atom. The smallest absolute Gasteiger partial charge is 0.146 e. The van der Waals surface area contributed by atoms with Crippen molar-refractivity contribution in [2.45, 2.75) is 6.92 Å². The van der Waals surface area contributed by atoms with Crippen LogP contribution in [0.4, 0.5) is 21.5 Å². The summed E-state index contributed by atoms with van der Waals surface area (Å²) in [4.78, 5) is 4.36. The van der Waals surface area contributed by atoms with E-state index in [-0.39, 0.29) is 5.82 Å². The van der Waals surface area contributed by atoms with Gasteiger partial charge in [-0.2, -0.15) is 0 Å². The van der Waals surface area contributed by atoms with Gasteiger partial charge < -0.3 is 15.5 Å². The molecule has 3 nitrogen and oxygen atoms in total. The standard InChI is InChI=1S/C17H20FN3/c1-13-6-7-17(15(19)12-13)21-10-8-20(9-11-21)16-5-3-2-4-14(16)18/h2-7,12H,8-11,19H2,1H3. The molecule has 0 unspecified atom stereocenters. The maximum absolute atomic E-state index is 13.8. The second kappa shape index (κ2) is 5.64. The van der Waals surface area contributed by atoms with Crippen LogP contribution in [-0.4, -0.2) is 26.2 Å². The van der Waals surface area contributed by atoms with Crippen LogP contribution in [0, 0.1) is 12.7 Å². The summed E-state index contributed by atoms with van der Waals surface area (Å²) in [5.41, 5.74) is 9.86. The van der Waals surface area contributed by atoms with Crippen LogP contribution in [-0.2, 0) is 0 Å². The van der Waals surface area contributed by atoms with Crippen molar-refractivity contribution in [2.75, 3.05) is 41.7 Å². The molecule has 1 saturated heterocycles. The van der Waals surface area contributed by atoms with Crippen molar-refractivity contribution in [1.82, 2.24) is 0 Å². The second-order valence-electron chi connectivity index (χ2n) is 5.49. The van der Waals surface area contributed by atoms with Crippen molar-refractivity contribution in [3.8, 4) is 0 Å². The number of hydrogen-bond donors (Lipinski definition) is 1. The Morgan fingerprint density at radius 3 is 2.14 bits per heavy atom. The first-order chi connectivity index (χ1) is 10.1. The van der Waals surface area contributed by atoms with Crippen LogP contribution in [0.15, 0.2) is 42.5 Å². The lowest BCUT2D eigenvalue weighted by molar-refractivity contribution is 0.598. The Labute approximate surface area is 124 Å². The molecular weight excluding hydrogens is 265 g/mol. The molecule has 2 aromatic carbocycles. The van der Waals surface area contributed by atoms with Gasteiger partial charge >= 0.3 is 0 Å². The number of para-hydroxylation sites is 1. The van der Waals surface area contributed by atoms with Crippen molar-refractivity contribution in [3.63, 3.8) is 0 Å². The van der Waals surface area contributed by atoms with Gasteiger partial charge in [0.15, 0.2) is 0 Å². The highest BCUT2D eigenvalue weighted by Gasteiger charge is 2.20. The first kappa shape index (κ1) is 13.7. The van der Waals surface area contributed by atoms with Crippen molar-refractivity contribution in [3.05, 3.63) is 53.8 Å². The van der Waals surface area contributed by atoms with E-state index in [4.69, 9.17) is 5.73 Å². The summed E-state index contributed by atoms with van der Waals surface area (Å²) < 4.78 is 13.8. The van der Waals surface area contributed by atoms with E-state index in [2.05, 4.69) is 21.9 Å². The lowest BCUT2D eigenvalue weighted by Crippen LogP contribution is -2.47. The predicted molar refractivity (Wildman–Crippen MR) is 86.4 cm³/mol. The average Bonchev–Trinajstić information content (AvgIpc) is 2.48. The monoisotopic (exact) mass is 285 g/mol. The van der Waals surface area contributed by atoms with Crippen molar-refractivity contribution in [2.24, 2.45) is 0 Å². The van der Waals surface area contributed by atoms with Crippen LogP contribution < -0.4 is 15.5 Å². The molecule has 0 atom stereocenters. The van der Waals surface area contributed by atoms with Gasteiger partial charge in [0.2, 0.25) is 0 Å². The maximum atomic E-state index is 13.8. The normalized spacial score (nSPS) is 15.3. The topological polar surface area (TPSA) is 32.5 Å². The van der Waals surface area contributed by atoms with E-state index < -0.39 is 0 Å². The highest BCUT2D eigenvalue weighted by Crippen LogP contribution is 2.27. The van der Waals surface area contributed by atoms with E-state index >= 15 is 0 Å². The Bertz CT molecular complexity index is 634. The molecule has 21 heavy (non-hydrogen) atoms. The molecular formula is C17H20FN3. The van der Waals surface area contributed by atoms with E-state index in [9.17, 15) is 4.39 Å². The molecule has 3 rings (SSSR count). The van der Waals surface area contributed by atoms with Gasteiger partial charge in [-0.1, -0.05) is 18.2 Å². The molecule has 0 spiro atoms. The van der Waals surface area contributed by atoms with Crippen LogP contribution >= 0.6 is 0 Å². The van der Waals surface area contributed by atoms with Crippen molar-refractivity contribution in [1.29, 1.82) is 0 Å². The third-order valence-corrected chi connectivity index (χ3v) is 4.00. The number of hydrogen-bond acceptors (Lipinski definition) is 3. The number of nitrogens with zero attached hydrogens (tertiary/aromatic N) is 2. The first-order valence-corrected chi connectivity index (χ1v) is 7.26. The summed E-state index contributed by atoms with van der Waals surface area (Å²) in [6.45, 7) is 5.34. The molecule has 1 fully saturated rings. The minimum absolute atomic E-state index is 0.152. The molecule has 1 aliphatic rings. The Kier molecular flexibility index (Phi) is 3.69. The van der Waals surface area contributed by atoms with Crippen LogP contribution in [0.1, 0.15) is 5.56 Å². The van der Waals surface area contributed by atoms with Gasteiger partial charge in [-0.05, 0) is 36.8 Å². The van der Waals surface area contributed by atoms with Gasteiger partial charge in [0, 0.05) is 26.2 Å². The lowest BCUT2D eigenvalue weighted by atomic mass is 10.1. The summed E-state index contributed by atoms with van der Waals surface area (Å²) in [6, 6.07) is 13.1. The lowest BCUT2D eigenvalue weighted by Gasteiger charge is -2.38. The van der Waals surface area contributed by atoms with Gasteiger partial charge in [-0.3, -0.25) is 0 Å². The fourth-order valence-electron chi connectivity index (χ4n) is 2.86. The van der Waals surface area contributed by atoms with Crippen LogP contribution in [0.2, 0.25) is 0 Å². The zero-order valence-corrected chi connectivity index (χ0v) is 12.2. The molecule has 0 aliphatic carbocycles. The summed E-state index contributed by atoms with van der Waals surface area (Å²) in [5, 5.41) is 0. The second-order valence-corrected chi connectivity index (χ2v) is 5.49. The summed E-state index contributed by atoms with van der Waals surface area (Å²) in [7, 11) is 0. The quantitative estimate of drug-likeness (QED) is 0.861. The largest absolute Gasteiger partial charge is 0.397 e. The fourth-order valence-corrected chi connectivity index (χ4v) is 2.86. The molecule has 0 radical (unpaired) electrons. The molecule has 2 N–H and O–H groups in total. The number of halogens is 1. The van der Waals surface area contributed by atoms with Crippen LogP contribution in [0.25, 0.3) is 0 Å². The zero-order valence-electron chi connectivity index (χ0n) is 12.2. The number of piperazine rings is 1. The molecule has 0 aromatic heterocycles. The van der Waals surface area contributed by atoms with Crippen LogP contribution in [0.5, 0.6) is 0 Å². The number of nitrogens with two attached hydrogens (primary N) is 1. The van der Waals surface area contributed by atoms with E-state index in [1.54, 1.807) is 6.07 Å². The molecule has 0 saturated carbocycles. The van der Waals surface area contributed by atoms with Crippen molar-refractivity contribution < 1.29 is 4.39 Å². The third kappa shape index (κ3) is 2.79. The van der Waals surface area contributed by atoms with Gasteiger partial charge in [-0.25, -0.2) is 4.39 Å². The SMILES string of the molecule is Cc1ccc(N2CCN(c3ccccc3F)CC2)c(N)c1.